The highest BCUT2D eigenvalue weighted by atomic mass is 19.4. The van der Waals surface area contributed by atoms with Crippen LogP contribution in [0.5, 0.6) is 0 Å². The normalized spacial score (nSPS) is 12.3. The predicted molar refractivity (Wildman–Crippen MR) is 54.1 cm³/mol. The third-order valence-corrected chi connectivity index (χ3v) is 1.58. The number of rotatable bonds is 3. The molecule has 1 heterocycles. The molecule has 0 aliphatic rings. The Labute approximate surface area is 89.7 Å². The van der Waals surface area contributed by atoms with Crippen LogP contribution in [0.3, 0.4) is 0 Å². The van der Waals surface area contributed by atoms with E-state index in [2.05, 4.69) is 27.8 Å². The smallest absolute Gasteiger partial charge is 0.378 e. The van der Waals surface area contributed by atoms with Gasteiger partial charge in [0.25, 0.3) is 0 Å². The quantitative estimate of drug-likeness (QED) is 0.469. The molecule has 0 saturated carbocycles. The van der Waals surface area contributed by atoms with Crippen molar-refractivity contribution in [1.82, 2.24) is 10.4 Å². The Balaban J connectivity index is 2.67. The van der Waals surface area contributed by atoms with Crippen LogP contribution in [0.1, 0.15) is 5.69 Å². The average molecular weight is 230 g/mol. The van der Waals surface area contributed by atoms with Gasteiger partial charge in [-0.05, 0) is 12.1 Å². The first-order valence-electron chi connectivity index (χ1n) is 4.18. The van der Waals surface area contributed by atoms with Gasteiger partial charge in [0.2, 0.25) is 5.84 Å². The lowest BCUT2D eigenvalue weighted by Crippen LogP contribution is -2.33. The van der Waals surface area contributed by atoms with Gasteiger partial charge < -0.3 is 5.73 Å². The maximum Gasteiger partial charge on any atom is 0.450 e. The lowest BCUT2D eigenvalue weighted by molar-refractivity contribution is -0.0601. The van der Waals surface area contributed by atoms with Gasteiger partial charge in [-0.25, -0.2) is 0 Å². The van der Waals surface area contributed by atoms with E-state index in [-0.39, 0.29) is 5.70 Å². The largest absolute Gasteiger partial charge is 0.450 e. The Morgan fingerprint density at radius 3 is 2.62 bits per heavy atom. The number of hydrogen-bond donors (Lipinski definition) is 2. The first-order chi connectivity index (χ1) is 7.41. The third-order valence-electron chi connectivity index (χ3n) is 1.58. The Bertz CT molecular complexity index is 397. The summed E-state index contributed by atoms with van der Waals surface area (Å²) in [5.41, 5.74) is 7.29. The van der Waals surface area contributed by atoms with E-state index >= 15 is 0 Å². The maximum atomic E-state index is 12.0. The molecule has 3 N–H and O–H groups in total. The monoisotopic (exact) mass is 230 g/mol. The van der Waals surface area contributed by atoms with E-state index in [1.54, 1.807) is 18.2 Å². The van der Waals surface area contributed by atoms with Gasteiger partial charge in [0, 0.05) is 6.20 Å². The van der Waals surface area contributed by atoms with Crippen molar-refractivity contribution in [3.8, 4) is 0 Å². The number of nitrogens with two attached hydrogens (primary N) is 1. The predicted octanol–water partition coefficient (Wildman–Crippen LogP) is 1.48. The molecule has 86 valence electrons. The number of aromatic nitrogens is 1. The summed E-state index contributed by atoms with van der Waals surface area (Å²) in [4.78, 5) is 3.87. The van der Waals surface area contributed by atoms with Crippen molar-refractivity contribution in [2.24, 2.45) is 10.8 Å². The molecule has 0 atom stereocenters. The first kappa shape index (κ1) is 12.0. The fraction of sp³-hybridized carbons (Fsp3) is 0.111. The number of pyridine rings is 1. The molecular formula is C9H9F3N4. The summed E-state index contributed by atoms with van der Waals surface area (Å²) in [7, 11) is 0. The van der Waals surface area contributed by atoms with Gasteiger partial charge in [0.1, 0.15) is 0 Å². The Kier molecular flexibility index (Phi) is 3.49. The number of amidine groups is 1. The maximum absolute atomic E-state index is 12.0. The first-order valence-corrected chi connectivity index (χ1v) is 4.18. The van der Waals surface area contributed by atoms with Crippen molar-refractivity contribution in [3.63, 3.8) is 0 Å². The van der Waals surface area contributed by atoms with Gasteiger partial charge in [-0.15, -0.1) is 0 Å². The highest BCUT2D eigenvalue weighted by Gasteiger charge is 2.33. The van der Waals surface area contributed by atoms with Crippen LogP contribution in [0.2, 0.25) is 0 Å². The van der Waals surface area contributed by atoms with Gasteiger partial charge in [-0.3, -0.25) is 10.4 Å². The number of hydrogen-bond acceptors (Lipinski definition) is 3. The molecule has 7 heteroatoms. The zero-order valence-corrected chi connectivity index (χ0v) is 8.12. The average Bonchev–Trinajstić information content (AvgIpc) is 2.25. The fourth-order valence-electron chi connectivity index (χ4n) is 0.790. The van der Waals surface area contributed by atoms with E-state index in [1.807, 2.05) is 0 Å². The minimum absolute atomic E-state index is 0.132. The lowest BCUT2D eigenvalue weighted by atomic mass is 10.3. The van der Waals surface area contributed by atoms with Crippen LogP contribution >= 0.6 is 0 Å². The minimum Gasteiger partial charge on any atom is -0.378 e. The van der Waals surface area contributed by atoms with Crippen LogP contribution in [0.25, 0.3) is 5.70 Å². The molecule has 0 fully saturated rings. The molecule has 0 aliphatic carbocycles. The van der Waals surface area contributed by atoms with Gasteiger partial charge in [0.05, 0.1) is 11.4 Å². The lowest BCUT2D eigenvalue weighted by Gasteiger charge is -2.07. The zero-order valence-electron chi connectivity index (χ0n) is 8.12. The number of halogens is 3. The highest BCUT2D eigenvalue weighted by molar-refractivity contribution is 5.86. The fourth-order valence-corrected chi connectivity index (χ4v) is 0.790. The second kappa shape index (κ2) is 4.65. The van der Waals surface area contributed by atoms with Crippen molar-refractivity contribution >= 4 is 11.5 Å². The number of nitrogens with one attached hydrogen (secondary N) is 1. The minimum atomic E-state index is -4.66. The van der Waals surface area contributed by atoms with E-state index in [0.29, 0.717) is 5.69 Å². The summed E-state index contributed by atoms with van der Waals surface area (Å²) in [6, 6.07) is 4.92. The van der Waals surface area contributed by atoms with Crippen LogP contribution in [0.15, 0.2) is 36.1 Å². The Morgan fingerprint density at radius 2 is 2.12 bits per heavy atom. The highest BCUT2D eigenvalue weighted by Crippen LogP contribution is 2.14. The van der Waals surface area contributed by atoms with Crippen molar-refractivity contribution < 1.29 is 13.2 Å². The van der Waals surface area contributed by atoms with Gasteiger partial charge >= 0.3 is 6.18 Å². The molecule has 0 unspecified atom stereocenters. The SMILES string of the molecule is C=C(N/N=C(\N)C(F)(F)F)c1ccccn1. The summed E-state index contributed by atoms with van der Waals surface area (Å²) >= 11 is 0. The van der Waals surface area contributed by atoms with E-state index in [9.17, 15) is 13.2 Å². The molecule has 16 heavy (non-hydrogen) atoms. The summed E-state index contributed by atoms with van der Waals surface area (Å²) in [5, 5.41) is 2.95. The molecule has 0 spiro atoms. The summed E-state index contributed by atoms with van der Waals surface area (Å²) in [6.07, 6.45) is -3.17. The molecule has 1 aromatic rings. The summed E-state index contributed by atoms with van der Waals surface area (Å²) < 4.78 is 35.9. The van der Waals surface area contributed by atoms with Crippen molar-refractivity contribution in [3.05, 3.63) is 36.7 Å². The van der Waals surface area contributed by atoms with Crippen LogP contribution in [-0.2, 0) is 0 Å². The second-order valence-corrected chi connectivity index (χ2v) is 2.80. The van der Waals surface area contributed by atoms with Crippen LogP contribution in [0, 0.1) is 0 Å². The second-order valence-electron chi connectivity index (χ2n) is 2.80. The van der Waals surface area contributed by atoms with E-state index in [0.717, 1.165) is 0 Å². The topological polar surface area (TPSA) is 63.3 Å². The van der Waals surface area contributed by atoms with E-state index in [4.69, 9.17) is 0 Å². The van der Waals surface area contributed by atoms with E-state index < -0.39 is 12.0 Å². The van der Waals surface area contributed by atoms with Crippen molar-refractivity contribution in [2.75, 3.05) is 0 Å². The summed E-state index contributed by atoms with van der Waals surface area (Å²) in [6.45, 7) is 3.48. The number of hydrazone groups is 1. The van der Waals surface area contributed by atoms with Crippen LogP contribution in [0.4, 0.5) is 13.2 Å². The molecule has 0 radical (unpaired) electrons. The van der Waals surface area contributed by atoms with E-state index in [1.165, 1.54) is 6.20 Å². The van der Waals surface area contributed by atoms with Gasteiger partial charge in [0.15, 0.2) is 0 Å². The molecular weight excluding hydrogens is 221 g/mol. The molecule has 4 nitrogen and oxygen atoms in total. The molecule has 0 aliphatic heterocycles. The number of nitrogens with zero attached hydrogens (tertiary/aromatic N) is 2. The van der Waals surface area contributed by atoms with Gasteiger partial charge in [-0.2, -0.15) is 18.3 Å². The molecule has 0 aromatic carbocycles. The number of alkyl halides is 3. The third kappa shape index (κ3) is 3.26. The van der Waals surface area contributed by atoms with Gasteiger partial charge in [-0.1, -0.05) is 12.6 Å². The molecule has 1 aromatic heterocycles. The molecule has 0 saturated heterocycles. The Morgan fingerprint density at radius 1 is 1.44 bits per heavy atom. The van der Waals surface area contributed by atoms with Crippen molar-refractivity contribution in [2.45, 2.75) is 6.18 Å². The van der Waals surface area contributed by atoms with Crippen LogP contribution < -0.4 is 11.2 Å². The van der Waals surface area contributed by atoms with Crippen molar-refractivity contribution in [1.29, 1.82) is 0 Å². The Hall–Kier alpha value is -2.05. The molecule has 0 bridgehead atoms. The standard InChI is InChI=1S/C9H9F3N4/c1-6(7-4-2-3-5-14-7)15-16-8(13)9(10,11)12/h2-5,15H,1H2,(H2,13,16). The molecule has 1 rings (SSSR count). The zero-order chi connectivity index (χ0) is 12.2. The van der Waals surface area contributed by atoms with Crippen LogP contribution in [-0.4, -0.2) is 17.0 Å². The summed E-state index contributed by atoms with van der Waals surface area (Å²) in [5.74, 6) is -1.47. The molecule has 0 amide bonds.